The molecule has 0 saturated carbocycles. The molecule has 8 nitrogen and oxygen atoms in total. The Morgan fingerprint density at radius 2 is 2.11 bits per heavy atom. The molecule has 100 valence electrons. The van der Waals surface area contributed by atoms with Crippen molar-refractivity contribution >= 4 is 28.7 Å². The quantitative estimate of drug-likeness (QED) is 0.712. The zero-order valence-corrected chi connectivity index (χ0v) is 10.6. The lowest BCUT2D eigenvalue weighted by molar-refractivity contribution is -0.156. The van der Waals surface area contributed by atoms with E-state index in [-0.39, 0.29) is 17.0 Å². The van der Waals surface area contributed by atoms with Gasteiger partial charge in [-0.25, -0.2) is 4.79 Å². The highest BCUT2D eigenvalue weighted by molar-refractivity contribution is 8.08. The minimum Gasteiger partial charge on any atom is -0.476 e. The molecule has 1 fully saturated rings. The van der Waals surface area contributed by atoms with Crippen molar-refractivity contribution in [3.8, 4) is 0 Å². The Kier molecular flexibility index (Phi) is 2.61. The number of amides is 1. The number of hydrogen-bond donors (Lipinski definition) is 2. The number of aliphatic hydroxyl groups is 1. The van der Waals surface area contributed by atoms with Crippen molar-refractivity contribution in [3.63, 3.8) is 0 Å². The Morgan fingerprint density at radius 1 is 1.47 bits per heavy atom. The predicted octanol–water partition coefficient (Wildman–Crippen LogP) is -0.599. The molecule has 3 heterocycles. The van der Waals surface area contributed by atoms with Gasteiger partial charge in [0.2, 0.25) is 5.91 Å². The summed E-state index contributed by atoms with van der Waals surface area (Å²) in [5, 5.41) is 26.1. The van der Waals surface area contributed by atoms with Crippen LogP contribution in [-0.4, -0.2) is 53.2 Å². The van der Waals surface area contributed by atoms with Gasteiger partial charge in [-0.3, -0.25) is 14.3 Å². The van der Waals surface area contributed by atoms with E-state index >= 15 is 0 Å². The van der Waals surface area contributed by atoms with Crippen LogP contribution in [-0.2, 0) is 9.59 Å². The lowest BCUT2D eigenvalue weighted by Crippen LogP contribution is -2.60. The number of rotatable bonds is 3. The number of β-lactam (4-membered cyclic amide) rings is 1. The van der Waals surface area contributed by atoms with Gasteiger partial charge in [-0.05, 0) is 6.92 Å². The molecule has 0 spiro atoms. The van der Waals surface area contributed by atoms with E-state index in [0.717, 1.165) is 0 Å². The fourth-order valence-electron chi connectivity index (χ4n) is 2.25. The smallest absolute Gasteiger partial charge is 0.355 e. The van der Waals surface area contributed by atoms with Crippen LogP contribution in [0.1, 0.15) is 6.92 Å². The van der Waals surface area contributed by atoms with Crippen LogP contribution < -0.4 is 0 Å². The minimum absolute atomic E-state index is 0.0864. The molecule has 2 aliphatic rings. The highest BCUT2D eigenvalue weighted by atomic mass is 32.2. The maximum absolute atomic E-state index is 11.9. The number of hydrogen-bond acceptors (Lipinski definition) is 6. The Morgan fingerprint density at radius 3 is 2.63 bits per heavy atom. The van der Waals surface area contributed by atoms with Crippen LogP contribution in [0.4, 0.5) is 0 Å². The summed E-state index contributed by atoms with van der Waals surface area (Å²) in [6.07, 6.45) is 1.94. The molecule has 2 N–H and O–H groups in total. The van der Waals surface area contributed by atoms with Crippen LogP contribution >= 0.6 is 11.8 Å². The molecule has 1 aromatic heterocycles. The molecule has 3 rings (SSSR count). The molecule has 1 aromatic rings. The molecule has 0 bridgehead atoms. The highest BCUT2D eigenvalue weighted by Gasteiger charge is 2.58. The van der Waals surface area contributed by atoms with Gasteiger partial charge in [0.25, 0.3) is 0 Å². The molecule has 9 heteroatoms. The molecule has 2 aliphatic heterocycles. The number of nitrogens with zero attached hydrogens (tertiary/aromatic N) is 4. The zero-order chi connectivity index (χ0) is 13.7. The van der Waals surface area contributed by atoms with E-state index in [1.165, 1.54) is 40.8 Å². The zero-order valence-electron chi connectivity index (χ0n) is 9.79. The number of aliphatic carboxylic acids is 1. The van der Waals surface area contributed by atoms with Crippen LogP contribution in [0.25, 0.3) is 5.03 Å². The third-order valence-corrected chi connectivity index (χ3v) is 4.51. The molecule has 3 atom stereocenters. The maximum atomic E-state index is 11.9. The lowest BCUT2D eigenvalue weighted by Gasteiger charge is -2.43. The average molecular weight is 282 g/mol. The molecule has 19 heavy (non-hydrogen) atoms. The standard InChI is InChI=1S/C10H10N4O4S/c1-4(15)5-7(16)14-6(10(17)18)9(19-8(5)14)13-2-11-12-3-13/h2-5,8,15H,1H3,(H,17,18)/t4?,5-,8+/m0/s1. The van der Waals surface area contributed by atoms with E-state index in [0.29, 0.717) is 5.03 Å². The van der Waals surface area contributed by atoms with E-state index in [4.69, 9.17) is 0 Å². The first-order chi connectivity index (χ1) is 9.02. The Labute approximate surface area is 111 Å². The number of thioether (sulfide) groups is 1. The van der Waals surface area contributed by atoms with E-state index in [9.17, 15) is 19.8 Å². The maximum Gasteiger partial charge on any atom is 0.355 e. The van der Waals surface area contributed by atoms with Crippen LogP contribution in [0, 0.1) is 5.92 Å². The van der Waals surface area contributed by atoms with Crippen molar-refractivity contribution in [1.29, 1.82) is 0 Å². The third kappa shape index (κ3) is 1.58. The number of carboxylic acid groups (broad SMARTS) is 1. The van der Waals surface area contributed by atoms with Gasteiger partial charge in [-0.1, -0.05) is 11.8 Å². The molecule has 0 aliphatic carbocycles. The van der Waals surface area contributed by atoms with Crippen LogP contribution in [0.2, 0.25) is 0 Å². The molecule has 1 unspecified atom stereocenters. The number of aliphatic hydroxyl groups excluding tert-OH is 1. The summed E-state index contributed by atoms with van der Waals surface area (Å²) >= 11 is 1.22. The third-order valence-electron chi connectivity index (χ3n) is 3.14. The van der Waals surface area contributed by atoms with E-state index < -0.39 is 18.0 Å². The van der Waals surface area contributed by atoms with Crippen molar-refractivity contribution in [2.75, 3.05) is 0 Å². The second-order valence-electron chi connectivity index (χ2n) is 4.31. The summed E-state index contributed by atoms with van der Waals surface area (Å²) in [7, 11) is 0. The first kappa shape index (κ1) is 12.2. The monoisotopic (exact) mass is 282 g/mol. The second-order valence-corrected chi connectivity index (χ2v) is 5.42. The number of fused-ring (bicyclic) bond motifs is 1. The summed E-state index contributed by atoms with van der Waals surface area (Å²) in [6.45, 7) is 1.53. The van der Waals surface area contributed by atoms with Crippen LogP contribution in [0.3, 0.4) is 0 Å². The second kappa shape index (κ2) is 4.07. The van der Waals surface area contributed by atoms with E-state index in [1.807, 2.05) is 0 Å². The first-order valence-corrected chi connectivity index (χ1v) is 6.40. The van der Waals surface area contributed by atoms with Gasteiger partial charge in [-0.2, -0.15) is 0 Å². The molecule has 0 radical (unpaired) electrons. The Bertz CT molecular complexity index is 582. The van der Waals surface area contributed by atoms with Crippen LogP contribution in [0.5, 0.6) is 0 Å². The van der Waals surface area contributed by atoms with Gasteiger partial charge < -0.3 is 10.2 Å². The summed E-state index contributed by atoms with van der Waals surface area (Å²) in [4.78, 5) is 24.5. The Hall–Kier alpha value is -1.87. The van der Waals surface area contributed by atoms with Crippen molar-refractivity contribution in [3.05, 3.63) is 18.4 Å². The predicted molar refractivity (Wildman–Crippen MR) is 64.3 cm³/mol. The Balaban J connectivity index is 2.01. The average Bonchev–Trinajstić information content (AvgIpc) is 2.92. The SMILES string of the molecule is CC(O)[C@H]1C(=O)N2C(C(=O)O)=C(n3cnnc3)S[C@H]12. The number of aromatic nitrogens is 3. The molecule has 0 aromatic carbocycles. The summed E-state index contributed by atoms with van der Waals surface area (Å²) in [5.74, 6) is -2.13. The van der Waals surface area contributed by atoms with Gasteiger partial charge in [0.05, 0.1) is 12.0 Å². The largest absolute Gasteiger partial charge is 0.476 e. The molecule has 1 amide bonds. The summed E-state index contributed by atoms with van der Waals surface area (Å²) in [6, 6.07) is 0. The van der Waals surface area contributed by atoms with E-state index in [2.05, 4.69) is 10.2 Å². The van der Waals surface area contributed by atoms with Crippen molar-refractivity contribution in [1.82, 2.24) is 19.7 Å². The fourth-order valence-corrected chi connectivity index (χ4v) is 3.80. The van der Waals surface area contributed by atoms with Gasteiger partial charge in [0.1, 0.15) is 23.1 Å². The molecule has 1 saturated heterocycles. The van der Waals surface area contributed by atoms with Crippen LogP contribution in [0.15, 0.2) is 18.4 Å². The topological polar surface area (TPSA) is 109 Å². The van der Waals surface area contributed by atoms with Gasteiger partial charge in [0.15, 0.2) is 5.70 Å². The summed E-state index contributed by atoms with van der Waals surface area (Å²) < 4.78 is 1.46. The van der Waals surface area contributed by atoms with Crippen molar-refractivity contribution in [2.45, 2.75) is 18.4 Å². The lowest BCUT2D eigenvalue weighted by atomic mass is 9.92. The van der Waals surface area contributed by atoms with Crippen molar-refractivity contribution < 1.29 is 19.8 Å². The highest BCUT2D eigenvalue weighted by Crippen LogP contribution is 2.51. The minimum atomic E-state index is -1.18. The number of carbonyl (C=O) groups excluding carboxylic acids is 1. The van der Waals surface area contributed by atoms with Gasteiger partial charge >= 0.3 is 5.97 Å². The van der Waals surface area contributed by atoms with E-state index in [1.54, 1.807) is 0 Å². The normalized spacial score (nSPS) is 27.3. The van der Waals surface area contributed by atoms with Gasteiger partial charge in [-0.15, -0.1) is 10.2 Å². The number of carboxylic acids is 1. The molecular formula is C10H10N4O4S. The van der Waals surface area contributed by atoms with Crippen molar-refractivity contribution in [2.24, 2.45) is 5.92 Å². The molecular weight excluding hydrogens is 272 g/mol. The summed E-state index contributed by atoms with van der Waals surface area (Å²) in [5.41, 5.74) is -0.0864. The first-order valence-electron chi connectivity index (χ1n) is 5.52. The number of carbonyl (C=O) groups is 2. The fraction of sp³-hybridized carbons (Fsp3) is 0.400. The van der Waals surface area contributed by atoms with Gasteiger partial charge in [0, 0.05) is 0 Å².